The molecular formula is C16H26F2N2O. The summed E-state index contributed by atoms with van der Waals surface area (Å²) >= 11 is 0. The van der Waals surface area contributed by atoms with Crippen LogP contribution >= 0.6 is 0 Å². The molecule has 120 valence electrons. The maximum absolute atomic E-state index is 13.6. The molecule has 1 aromatic carbocycles. The number of hydrogen-bond acceptors (Lipinski definition) is 2. The summed E-state index contributed by atoms with van der Waals surface area (Å²) in [7, 11) is 0. The average Bonchev–Trinajstić information content (AvgIpc) is 2.54. The predicted molar refractivity (Wildman–Crippen MR) is 82.4 cm³/mol. The van der Waals surface area contributed by atoms with Crippen LogP contribution in [0, 0.1) is 11.6 Å². The summed E-state index contributed by atoms with van der Waals surface area (Å²) in [4.78, 5) is 13.8. The fraction of sp³-hybridized carbons (Fsp3) is 0.562. The van der Waals surface area contributed by atoms with Crippen molar-refractivity contribution in [3.05, 3.63) is 35.4 Å². The van der Waals surface area contributed by atoms with Crippen LogP contribution in [0.3, 0.4) is 0 Å². The van der Waals surface area contributed by atoms with Crippen molar-refractivity contribution in [2.75, 3.05) is 26.2 Å². The standard InChI is InChI=1S/C14H18F2N2O.2CH4/c15-12-6-4-5-11(13(12)16)14(19)18-9-3-1-2-7-17-8-10-18;;/h4-6,17H,1-3,7-10H2;2*1H4. The van der Waals surface area contributed by atoms with E-state index in [0.717, 1.165) is 31.9 Å². The highest BCUT2D eigenvalue weighted by atomic mass is 19.2. The minimum atomic E-state index is -1.06. The minimum absolute atomic E-state index is 0. The van der Waals surface area contributed by atoms with E-state index in [-0.39, 0.29) is 20.4 Å². The zero-order valence-electron chi connectivity index (χ0n) is 10.8. The molecule has 0 aromatic heterocycles. The van der Waals surface area contributed by atoms with Crippen molar-refractivity contribution in [1.82, 2.24) is 10.2 Å². The summed E-state index contributed by atoms with van der Waals surface area (Å²) in [5.41, 5.74) is -0.181. The largest absolute Gasteiger partial charge is 0.337 e. The maximum atomic E-state index is 13.6. The molecule has 21 heavy (non-hydrogen) atoms. The van der Waals surface area contributed by atoms with Gasteiger partial charge in [0.05, 0.1) is 5.56 Å². The quantitative estimate of drug-likeness (QED) is 0.861. The molecule has 0 radical (unpaired) electrons. The van der Waals surface area contributed by atoms with Gasteiger partial charge in [0.15, 0.2) is 11.6 Å². The highest BCUT2D eigenvalue weighted by Gasteiger charge is 2.21. The molecule has 1 saturated heterocycles. The molecule has 1 aliphatic heterocycles. The van der Waals surface area contributed by atoms with E-state index in [9.17, 15) is 13.6 Å². The Kier molecular flexibility index (Phi) is 8.78. The van der Waals surface area contributed by atoms with Gasteiger partial charge in [0.2, 0.25) is 0 Å². The van der Waals surface area contributed by atoms with Gasteiger partial charge in [-0.25, -0.2) is 8.78 Å². The van der Waals surface area contributed by atoms with E-state index in [1.54, 1.807) is 4.90 Å². The number of amides is 1. The molecule has 1 N–H and O–H groups in total. The third kappa shape index (κ3) is 5.08. The van der Waals surface area contributed by atoms with E-state index in [1.165, 1.54) is 12.1 Å². The van der Waals surface area contributed by atoms with Gasteiger partial charge in [-0.15, -0.1) is 0 Å². The molecule has 1 aliphatic rings. The molecule has 2 rings (SSSR count). The second-order valence-electron chi connectivity index (χ2n) is 4.70. The van der Waals surface area contributed by atoms with Crippen molar-refractivity contribution in [2.24, 2.45) is 0 Å². The first-order valence-electron chi connectivity index (χ1n) is 6.64. The molecule has 0 unspecified atom stereocenters. The van der Waals surface area contributed by atoms with Gasteiger partial charge in [0.25, 0.3) is 5.91 Å². The second-order valence-corrected chi connectivity index (χ2v) is 4.70. The zero-order chi connectivity index (χ0) is 13.7. The molecule has 0 atom stereocenters. The van der Waals surface area contributed by atoms with Crippen molar-refractivity contribution in [2.45, 2.75) is 34.1 Å². The zero-order valence-corrected chi connectivity index (χ0v) is 10.8. The first-order chi connectivity index (χ1) is 9.20. The van der Waals surface area contributed by atoms with Crippen LogP contribution < -0.4 is 5.32 Å². The summed E-state index contributed by atoms with van der Waals surface area (Å²) in [6.45, 7) is 2.74. The van der Waals surface area contributed by atoms with Crippen LogP contribution in [0.1, 0.15) is 44.5 Å². The minimum Gasteiger partial charge on any atom is -0.337 e. The van der Waals surface area contributed by atoms with Crippen molar-refractivity contribution in [3.63, 3.8) is 0 Å². The van der Waals surface area contributed by atoms with Crippen LogP contribution in [-0.2, 0) is 0 Å². The fourth-order valence-electron chi connectivity index (χ4n) is 2.22. The van der Waals surface area contributed by atoms with E-state index in [4.69, 9.17) is 0 Å². The Balaban J connectivity index is 0.00000200. The average molecular weight is 300 g/mol. The molecule has 0 bridgehead atoms. The number of carbonyl (C=O) groups excluding carboxylic acids is 1. The topological polar surface area (TPSA) is 32.3 Å². The van der Waals surface area contributed by atoms with Gasteiger partial charge in [0.1, 0.15) is 0 Å². The summed E-state index contributed by atoms with van der Waals surface area (Å²) in [6, 6.07) is 3.72. The maximum Gasteiger partial charge on any atom is 0.256 e. The van der Waals surface area contributed by atoms with Crippen LogP contribution in [0.25, 0.3) is 0 Å². The molecule has 1 aromatic rings. The Morgan fingerprint density at radius 1 is 1.05 bits per heavy atom. The lowest BCUT2D eigenvalue weighted by Crippen LogP contribution is -2.37. The second kappa shape index (κ2) is 9.45. The number of halogens is 2. The van der Waals surface area contributed by atoms with Gasteiger partial charge in [0, 0.05) is 19.6 Å². The Hall–Kier alpha value is -1.49. The smallest absolute Gasteiger partial charge is 0.256 e. The van der Waals surface area contributed by atoms with Gasteiger partial charge in [-0.3, -0.25) is 4.79 Å². The lowest BCUT2D eigenvalue weighted by atomic mass is 10.1. The summed E-state index contributed by atoms with van der Waals surface area (Å²) in [5, 5.41) is 3.23. The molecule has 0 saturated carbocycles. The van der Waals surface area contributed by atoms with E-state index < -0.39 is 17.5 Å². The monoisotopic (exact) mass is 300 g/mol. The van der Waals surface area contributed by atoms with E-state index >= 15 is 0 Å². The molecule has 0 aliphatic carbocycles. The van der Waals surface area contributed by atoms with E-state index in [0.29, 0.717) is 19.6 Å². The third-order valence-corrected chi connectivity index (χ3v) is 3.31. The Labute approximate surface area is 126 Å². The Morgan fingerprint density at radius 3 is 2.57 bits per heavy atom. The van der Waals surface area contributed by atoms with Crippen LogP contribution in [0.2, 0.25) is 0 Å². The first kappa shape index (κ1) is 19.5. The van der Waals surface area contributed by atoms with Crippen LogP contribution in [0.15, 0.2) is 18.2 Å². The normalized spacial score (nSPS) is 15.8. The van der Waals surface area contributed by atoms with Crippen molar-refractivity contribution in [3.8, 4) is 0 Å². The molecule has 5 heteroatoms. The Bertz CT molecular complexity index is 442. The van der Waals surface area contributed by atoms with Gasteiger partial charge >= 0.3 is 0 Å². The molecule has 1 amide bonds. The van der Waals surface area contributed by atoms with Gasteiger partial charge < -0.3 is 10.2 Å². The summed E-state index contributed by atoms with van der Waals surface area (Å²) < 4.78 is 26.8. The van der Waals surface area contributed by atoms with Crippen molar-refractivity contribution in [1.29, 1.82) is 0 Å². The number of nitrogens with one attached hydrogen (secondary N) is 1. The highest BCUT2D eigenvalue weighted by Crippen LogP contribution is 2.14. The Morgan fingerprint density at radius 2 is 1.81 bits per heavy atom. The molecule has 1 heterocycles. The number of rotatable bonds is 1. The predicted octanol–water partition coefficient (Wildman–Crippen LogP) is 3.45. The van der Waals surface area contributed by atoms with E-state index in [2.05, 4.69) is 5.32 Å². The highest BCUT2D eigenvalue weighted by molar-refractivity contribution is 5.94. The summed E-state index contributed by atoms with van der Waals surface area (Å²) in [5.74, 6) is -2.46. The van der Waals surface area contributed by atoms with Crippen molar-refractivity contribution >= 4 is 5.91 Å². The lowest BCUT2D eigenvalue weighted by Gasteiger charge is -2.22. The van der Waals surface area contributed by atoms with Crippen LogP contribution in [0.5, 0.6) is 0 Å². The molecule has 3 nitrogen and oxygen atoms in total. The van der Waals surface area contributed by atoms with Crippen LogP contribution in [-0.4, -0.2) is 37.0 Å². The van der Waals surface area contributed by atoms with Crippen LogP contribution in [0.4, 0.5) is 8.78 Å². The third-order valence-electron chi connectivity index (χ3n) is 3.31. The SMILES string of the molecule is C.C.O=C(c1cccc(F)c1F)N1CCCCCNCC1. The van der Waals surface area contributed by atoms with E-state index in [1.807, 2.05) is 0 Å². The molecule has 1 fully saturated rings. The molecule has 0 spiro atoms. The molecular weight excluding hydrogens is 274 g/mol. The van der Waals surface area contributed by atoms with Gasteiger partial charge in [-0.05, 0) is 31.5 Å². The van der Waals surface area contributed by atoms with Gasteiger partial charge in [-0.2, -0.15) is 0 Å². The number of nitrogens with zero attached hydrogens (tertiary/aromatic N) is 1. The lowest BCUT2D eigenvalue weighted by molar-refractivity contribution is 0.0751. The number of hydrogen-bond donors (Lipinski definition) is 1. The number of benzene rings is 1. The van der Waals surface area contributed by atoms with Gasteiger partial charge in [-0.1, -0.05) is 27.3 Å². The van der Waals surface area contributed by atoms with Crippen molar-refractivity contribution < 1.29 is 13.6 Å². The summed E-state index contributed by atoms with van der Waals surface area (Å²) in [6.07, 6.45) is 3.00. The first-order valence-corrected chi connectivity index (χ1v) is 6.64. The fourth-order valence-corrected chi connectivity index (χ4v) is 2.22. The number of carbonyl (C=O) groups is 1.